The fourth-order valence-electron chi connectivity index (χ4n) is 3.04. The predicted molar refractivity (Wildman–Crippen MR) is 130 cm³/mol. The number of β-lactam (4-membered cyclic amide) rings is 1. The van der Waals surface area contributed by atoms with E-state index in [-0.39, 0.29) is 34.6 Å². The summed E-state index contributed by atoms with van der Waals surface area (Å²) in [7, 11) is 1.26. The number of hydrogen-bond acceptors (Lipinski definition) is 13. The molecule has 17 heteroatoms. The highest BCUT2D eigenvalue weighted by Gasteiger charge is 2.54. The zero-order valence-electron chi connectivity index (χ0n) is 18.1. The van der Waals surface area contributed by atoms with Crippen molar-refractivity contribution in [3.8, 4) is 0 Å². The summed E-state index contributed by atoms with van der Waals surface area (Å²) in [5.74, 6) is -2.32. The number of nitrogens with one attached hydrogen (secondary N) is 1. The Morgan fingerprint density at radius 1 is 1.49 bits per heavy atom. The number of aromatic nitrogens is 1. The van der Waals surface area contributed by atoms with Crippen molar-refractivity contribution in [2.24, 2.45) is 16.6 Å². The van der Waals surface area contributed by atoms with Gasteiger partial charge in [-0.25, -0.2) is 14.6 Å². The number of hydrogen-bond donors (Lipinski definition) is 5. The van der Waals surface area contributed by atoms with Crippen molar-refractivity contribution in [1.82, 2.24) is 15.2 Å². The van der Waals surface area contributed by atoms with Gasteiger partial charge in [0.15, 0.2) is 10.8 Å². The second kappa shape index (κ2) is 11.4. The highest BCUT2D eigenvalue weighted by Crippen LogP contribution is 2.43. The van der Waals surface area contributed by atoms with Gasteiger partial charge in [-0.2, -0.15) is 0 Å². The maximum Gasteiger partial charge on any atom is 0.404 e. The van der Waals surface area contributed by atoms with Crippen LogP contribution in [0.15, 0.2) is 32.6 Å². The van der Waals surface area contributed by atoms with Gasteiger partial charge in [-0.3, -0.25) is 14.5 Å². The number of aliphatic carboxylic acids is 1. The number of amides is 3. The van der Waals surface area contributed by atoms with Crippen LogP contribution in [0.3, 0.4) is 0 Å². The first kappa shape index (κ1) is 26.3. The number of nitrogens with zero attached hydrogens (tertiary/aromatic N) is 3. The summed E-state index contributed by atoms with van der Waals surface area (Å²) in [5.41, 5.74) is 16.1. The van der Waals surface area contributed by atoms with Crippen LogP contribution in [0.5, 0.6) is 0 Å². The number of ether oxygens (including phenoxy) is 1. The number of rotatable bonds is 10. The Hall–Kier alpha value is -3.28. The largest absolute Gasteiger partial charge is 0.477 e. The van der Waals surface area contributed by atoms with Gasteiger partial charge < -0.3 is 37.2 Å². The molecule has 188 valence electrons. The molecule has 0 aliphatic carbocycles. The Morgan fingerprint density at radius 2 is 2.23 bits per heavy atom. The van der Waals surface area contributed by atoms with E-state index in [1.165, 1.54) is 30.3 Å². The molecule has 1 unspecified atom stereocenters. The number of carboxylic acids is 1. The molecule has 3 heterocycles. The van der Waals surface area contributed by atoms with Gasteiger partial charge in [0.25, 0.3) is 11.8 Å². The standard InChI is InChI=1S/C18H21N7O7S3/c1-31-24-10(8-5-35-17(20)22-8)13(26)23-11-14(27)25-12(16(28)29)9(6-34-15(11)25)33-3-2-7(19)4-32-18(21)30/h2-3,5,7,11,15H,4,6,19H2,1H3,(H2,20,22)(H2,21,30)(H,23,26)(H,28,29)/b3-2-,24-10-/t7-,11?,15-/m1/s1. The van der Waals surface area contributed by atoms with E-state index >= 15 is 0 Å². The predicted octanol–water partition coefficient (Wildman–Crippen LogP) is -0.559. The number of fused-ring (bicyclic) bond motifs is 1. The lowest BCUT2D eigenvalue weighted by atomic mass is 10.0. The number of carbonyl (C=O) groups excluding carboxylic acids is 3. The number of thiazole rings is 1. The maximum absolute atomic E-state index is 12.8. The average Bonchev–Trinajstić information content (AvgIpc) is 3.24. The van der Waals surface area contributed by atoms with Crippen LogP contribution >= 0.6 is 34.9 Å². The van der Waals surface area contributed by atoms with Crippen molar-refractivity contribution in [1.29, 1.82) is 0 Å². The molecule has 35 heavy (non-hydrogen) atoms. The van der Waals surface area contributed by atoms with Gasteiger partial charge in [0, 0.05) is 16.0 Å². The molecule has 1 fully saturated rings. The molecule has 0 aromatic carbocycles. The summed E-state index contributed by atoms with van der Waals surface area (Å²) < 4.78 is 4.59. The van der Waals surface area contributed by atoms with Gasteiger partial charge >= 0.3 is 12.1 Å². The summed E-state index contributed by atoms with van der Waals surface area (Å²) in [4.78, 5) is 58.4. The molecule has 8 N–H and O–H groups in total. The van der Waals surface area contributed by atoms with E-state index < -0.39 is 41.3 Å². The van der Waals surface area contributed by atoms with Crippen LogP contribution in [0.4, 0.5) is 9.93 Å². The Kier molecular flexibility index (Phi) is 8.60. The molecule has 0 spiro atoms. The van der Waals surface area contributed by atoms with Crippen molar-refractivity contribution in [3.63, 3.8) is 0 Å². The number of carbonyl (C=O) groups is 4. The molecule has 2 aliphatic rings. The molecule has 14 nitrogen and oxygen atoms in total. The summed E-state index contributed by atoms with van der Waals surface area (Å²) in [6, 6.07) is -1.62. The van der Waals surface area contributed by atoms with Gasteiger partial charge in [0.05, 0.1) is 6.04 Å². The second-order valence-electron chi connectivity index (χ2n) is 6.87. The lowest BCUT2D eigenvalue weighted by Crippen LogP contribution is -2.71. The summed E-state index contributed by atoms with van der Waals surface area (Å²) in [6.07, 6.45) is 0.557. The Labute approximate surface area is 210 Å². The lowest BCUT2D eigenvalue weighted by Gasteiger charge is -2.49. The van der Waals surface area contributed by atoms with Crippen LogP contribution in [0.25, 0.3) is 0 Å². The van der Waals surface area contributed by atoms with Crippen molar-refractivity contribution >= 4 is 69.6 Å². The average molecular weight is 544 g/mol. The van der Waals surface area contributed by atoms with Gasteiger partial charge in [-0.05, 0) is 5.41 Å². The molecule has 2 aliphatic heterocycles. The minimum absolute atomic E-state index is 0.137. The Bertz CT molecular complexity index is 1120. The molecule has 3 atom stereocenters. The Balaban J connectivity index is 1.70. The molecule has 3 rings (SSSR count). The van der Waals surface area contributed by atoms with E-state index in [1.54, 1.807) is 5.41 Å². The zero-order valence-corrected chi connectivity index (χ0v) is 20.5. The topological polar surface area (TPSA) is 226 Å². The number of oxime groups is 1. The van der Waals surface area contributed by atoms with Crippen molar-refractivity contribution in [2.45, 2.75) is 17.5 Å². The number of nitrogen functional groups attached to an aromatic ring is 1. The quantitative estimate of drug-likeness (QED) is 0.142. The first-order valence-corrected chi connectivity index (χ1v) is 12.5. The fraction of sp³-hybridized carbons (Fsp3) is 0.333. The van der Waals surface area contributed by atoms with E-state index in [9.17, 15) is 24.3 Å². The van der Waals surface area contributed by atoms with Gasteiger partial charge in [-0.1, -0.05) is 23.0 Å². The van der Waals surface area contributed by atoms with Crippen LogP contribution in [0.1, 0.15) is 5.69 Å². The fourth-order valence-corrected chi connectivity index (χ4v) is 6.00. The molecule has 0 radical (unpaired) electrons. The molecule has 1 aromatic heterocycles. The summed E-state index contributed by atoms with van der Waals surface area (Å²) >= 11 is 3.47. The van der Waals surface area contributed by atoms with Crippen molar-refractivity contribution in [3.05, 3.63) is 33.2 Å². The molecular formula is C18H21N7O7S3. The number of carboxylic acid groups (broad SMARTS) is 1. The van der Waals surface area contributed by atoms with Crippen LogP contribution in [-0.2, 0) is 24.0 Å². The number of nitrogens with two attached hydrogens (primary N) is 3. The zero-order chi connectivity index (χ0) is 25.7. The van der Waals surface area contributed by atoms with Crippen molar-refractivity contribution < 1.29 is 33.9 Å². The third kappa shape index (κ3) is 6.05. The Morgan fingerprint density at radius 3 is 2.83 bits per heavy atom. The third-order valence-electron chi connectivity index (χ3n) is 4.54. The molecule has 1 aromatic rings. The van der Waals surface area contributed by atoms with E-state index in [0.29, 0.717) is 4.91 Å². The van der Waals surface area contributed by atoms with E-state index in [4.69, 9.17) is 22.0 Å². The third-order valence-corrected chi connectivity index (χ3v) is 7.59. The number of thioether (sulfide) groups is 2. The minimum Gasteiger partial charge on any atom is -0.477 e. The normalized spacial score (nSPS) is 20.8. The van der Waals surface area contributed by atoms with Crippen LogP contribution < -0.4 is 22.5 Å². The first-order chi connectivity index (χ1) is 16.6. The van der Waals surface area contributed by atoms with Gasteiger partial charge in [0.2, 0.25) is 0 Å². The van der Waals surface area contributed by atoms with Crippen LogP contribution in [-0.4, -0.2) is 81.5 Å². The number of primary amides is 1. The lowest BCUT2D eigenvalue weighted by molar-refractivity contribution is -0.150. The van der Waals surface area contributed by atoms with Crippen LogP contribution in [0, 0.1) is 0 Å². The van der Waals surface area contributed by atoms with E-state index in [0.717, 1.165) is 28.0 Å². The smallest absolute Gasteiger partial charge is 0.404 e. The van der Waals surface area contributed by atoms with Gasteiger partial charge in [-0.15, -0.1) is 23.1 Å². The first-order valence-electron chi connectivity index (χ1n) is 9.69. The molecule has 0 saturated carbocycles. The highest BCUT2D eigenvalue weighted by atomic mass is 32.2. The van der Waals surface area contributed by atoms with E-state index in [2.05, 4.69) is 20.2 Å². The molecule has 3 amide bonds. The van der Waals surface area contributed by atoms with Crippen molar-refractivity contribution in [2.75, 3.05) is 25.2 Å². The number of anilines is 1. The molecule has 1 saturated heterocycles. The summed E-state index contributed by atoms with van der Waals surface area (Å²) in [6.45, 7) is -0.137. The highest BCUT2D eigenvalue weighted by molar-refractivity contribution is 8.08. The monoisotopic (exact) mass is 543 g/mol. The van der Waals surface area contributed by atoms with E-state index in [1.807, 2.05) is 0 Å². The molecule has 0 bridgehead atoms. The minimum atomic E-state index is -1.29. The summed E-state index contributed by atoms with van der Waals surface area (Å²) in [5, 5.41) is 18.7. The maximum atomic E-state index is 12.8. The second-order valence-corrected chi connectivity index (χ2v) is 9.87. The SMILES string of the molecule is CO/N=C(\C(=O)NC1C(=O)N2C(C(=O)O)=C(S/C=C\[C@@H](N)COC(N)=O)CS[C@H]12)c1csc(N)n1. The van der Waals surface area contributed by atoms with Crippen LogP contribution in [0.2, 0.25) is 0 Å². The molecular weight excluding hydrogens is 522 g/mol. The van der Waals surface area contributed by atoms with Gasteiger partial charge in [0.1, 0.15) is 36.5 Å².